The largest absolute Gasteiger partial charge is 0.628 e. The van der Waals surface area contributed by atoms with Crippen molar-refractivity contribution in [3.05, 3.63) is 104 Å². The van der Waals surface area contributed by atoms with Gasteiger partial charge in [-0.15, -0.1) is 0 Å². The van der Waals surface area contributed by atoms with Crippen LogP contribution in [0.2, 0.25) is 0 Å². The van der Waals surface area contributed by atoms with Crippen molar-refractivity contribution in [2.24, 2.45) is 0 Å². The van der Waals surface area contributed by atoms with E-state index in [9.17, 15) is 40.8 Å². The smallest absolute Gasteiger partial charge is 0.231 e. The number of rotatable bonds is 4. The zero-order valence-electron chi connectivity index (χ0n) is 17.3. The van der Waals surface area contributed by atoms with Crippen LogP contribution < -0.4 is 20.6 Å². The van der Waals surface area contributed by atoms with E-state index in [0.717, 1.165) is 0 Å². The molecular weight excluding hydrogens is 448 g/mol. The van der Waals surface area contributed by atoms with Gasteiger partial charge < -0.3 is 31.0 Å². The zero-order chi connectivity index (χ0) is 24.3. The van der Waals surface area contributed by atoms with Crippen LogP contribution in [0.3, 0.4) is 0 Å². The van der Waals surface area contributed by atoms with Crippen LogP contribution in [0.25, 0.3) is 0 Å². The number of nitrogens with one attached hydrogen (secondary N) is 4. The molecule has 2 aliphatic rings. The molecule has 12 heteroatoms. The van der Waals surface area contributed by atoms with Crippen molar-refractivity contribution in [2.75, 3.05) is 0 Å². The highest BCUT2D eigenvalue weighted by Crippen LogP contribution is 2.33. The van der Waals surface area contributed by atoms with Crippen LogP contribution in [0, 0.1) is 20.8 Å². The van der Waals surface area contributed by atoms with Crippen LogP contribution in [0.5, 0.6) is 0 Å². The van der Waals surface area contributed by atoms with Gasteiger partial charge in [-0.2, -0.15) is 10.5 Å². The molecule has 0 aromatic heterocycles. The molecule has 3 aromatic carbocycles. The fraction of sp³-hybridized carbons (Fsp3) is 0.0909. The third kappa shape index (κ3) is 3.35. The summed E-state index contributed by atoms with van der Waals surface area (Å²) < 4.78 is 0. The molecule has 34 heavy (non-hydrogen) atoms. The standard InChI is InChI=1S/C22H18N4O8/c27-21-15-6-4-13(25(31)32)9-17(15)23(29)19(21)11-2-1-3-12(8-11)20-22(28)16-7-5-14(26(33)34)10-18(16)24(20)30/h1-10,19-20,23-26,31,33H. The summed E-state index contributed by atoms with van der Waals surface area (Å²) in [5.41, 5.74) is 0.597. The Balaban J connectivity index is 1.50. The van der Waals surface area contributed by atoms with Gasteiger partial charge in [0, 0.05) is 23.3 Å². The molecule has 5 rings (SSSR count). The second-order valence-electron chi connectivity index (χ2n) is 8.12. The SMILES string of the molecule is O=C1c2ccc([NH+]([O-])O)cc2[NH+]([O-])C1c1cccc(C2C(=O)c3ccc([NH+]([O-])O)cc3[NH+]2[O-])c1. The van der Waals surface area contributed by atoms with Crippen LogP contribution in [-0.4, -0.2) is 22.0 Å². The quantitative estimate of drug-likeness (QED) is 0.196. The minimum atomic E-state index is -1.22. The number of Topliss-reactive ketones (excluding diaryl/α,β-unsaturated/α-hetero) is 2. The Bertz CT molecular complexity index is 1230. The predicted molar refractivity (Wildman–Crippen MR) is 113 cm³/mol. The molecule has 6 atom stereocenters. The number of hydroxylamine groups is 2. The first-order valence-electron chi connectivity index (χ1n) is 10.2. The lowest BCUT2D eigenvalue weighted by Crippen LogP contribution is -3.02. The maximum absolute atomic E-state index is 13.0. The van der Waals surface area contributed by atoms with Crippen LogP contribution in [0.1, 0.15) is 43.9 Å². The van der Waals surface area contributed by atoms with E-state index in [-0.39, 0.29) is 45.0 Å². The van der Waals surface area contributed by atoms with E-state index in [1.807, 2.05) is 0 Å². The number of carbonyl (C=O) groups is 2. The van der Waals surface area contributed by atoms with Gasteiger partial charge in [0.2, 0.25) is 11.6 Å². The molecule has 0 spiro atoms. The number of benzene rings is 3. The van der Waals surface area contributed by atoms with Crippen molar-refractivity contribution in [1.82, 2.24) is 0 Å². The molecule has 6 N–H and O–H groups in total. The molecule has 0 saturated carbocycles. The Kier molecular flexibility index (Phi) is 5.35. The van der Waals surface area contributed by atoms with Crippen LogP contribution in [-0.2, 0) is 0 Å². The van der Waals surface area contributed by atoms with E-state index in [0.29, 0.717) is 0 Å². The van der Waals surface area contributed by atoms with Gasteiger partial charge in [-0.1, -0.05) is 18.2 Å². The van der Waals surface area contributed by atoms with Gasteiger partial charge in [0.25, 0.3) is 0 Å². The Hall–Kier alpha value is -3.40. The molecule has 6 unspecified atom stereocenters. The lowest BCUT2D eigenvalue weighted by Gasteiger charge is -2.26. The van der Waals surface area contributed by atoms with Crippen molar-refractivity contribution in [3.63, 3.8) is 0 Å². The number of hydrogen-bond donors (Lipinski definition) is 6. The molecule has 0 bridgehead atoms. The molecule has 0 fully saturated rings. The van der Waals surface area contributed by atoms with Gasteiger partial charge in [0.15, 0.2) is 23.5 Å². The first-order valence-corrected chi connectivity index (χ1v) is 10.2. The van der Waals surface area contributed by atoms with Crippen molar-refractivity contribution < 1.29 is 40.6 Å². The lowest BCUT2D eigenvalue weighted by molar-refractivity contribution is -0.991. The fourth-order valence-corrected chi connectivity index (χ4v) is 4.58. The van der Waals surface area contributed by atoms with Crippen LogP contribution in [0.15, 0.2) is 60.7 Å². The monoisotopic (exact) mass is 466 g/mol. The molecule has 0 amide bonds. The summed E-state index contributed by atoms with van der Waals surface area (Å²) in [7, 11) is 0. The normalized spacial score (nSPS) is 25.2. The van der Waals surface area contributed by atoms with Gasteiger partial charge in [0.05, 0.1) is 23.3 Å². The molecule has 0 saturated heterocycles. The van der Waals surface area contributed by atoms with E-state index in [4.69, 9.17) is 0 Å². The Labute approximate surface area is 191 Å². The molecule has 12 nitrogen and oxygen atoms in total. The Morgan fingerprint density at radius 1 is 0.676 bits per heavy atom. The average molecular weight is 466 g/mol. The van der Waals surface area contributed by atoms with Crippen LogP contribution in [0.4, 0.5) is 22.7 Å². The predicted octanol–water partition coefficient (Wildman–Crippen LogP) is -1.60. The molecule has 2 heterocycles. The van der Waals surface area contributed by atoms with Crippen molar-refractivity contribution in [3.8, 4) is 0 Å². The zero-order valence-corrected chi connectivity index (χ0v) is 17.3. The minimum absolute atomic E-state index is 0.0157. The molecule has 0 aliphatic carbocycles. The molecule has 174 valence electrons. The second kappa shape index (κ2) is 8.12. The van der Waals surface area contributed by atoms with Gasteiger partial charge >= 0.3 is 0 Å². The lowest BCUT2D eigenvalue weighted by atomic mass is 9.95. The minimum Gasteiger partial charge on any atom is -0.628 e. The summed E-state index contributed by atoms with van der Waals surface area (Å²) in [5.74, 6) is -0.986. The maximum atomic E-state index is 13.0. The summed E-state index contributed by atoms with van der Waals surface area (Å²) in [5, 5.41) is 63.4. The second-order valence-corrected chi connectivity index (χ2v) is 8.12. The topological polar surface area (TPSA) is 185 Å². The molecule has 2 aliphatic heterocycles. The summed E-state index contributed by atoms with van der Waals surface area (Å²) in [6.07, 6.45) is 0. The highest BCUT2D eigenvalue weighted by molar-refractivity contribution is 6.07. The van der Waals surface area contributed by atoms with E-state index < -0.39 is 44.2 Å². The highest BCUT2D eigenvalue weighted by Gasteiger charge is 2.43. The average Bonchev–Trinajstić information content (AvgIpc) is 3.22. The third-order valence-corrected chi connectivity index (χ3v) is 6.22. The van der Waals surface area contributed by atoms with E-state index >= 15 is 0 Å². The van der Waals surface area contributed by atoms with E-state index in [2.05, 4.69) is 0 Å². The summed E-state index contributed by atoms with van der Waals surface area (Å²) >= 11 is 0. The number of ketones is 2. The van der Waals surface area contributed by atoms with Crippen LogP contribution >= 0.6 is 0 Å². The van der Waals surface area contributed by atoms with Crippen molar-refractivity contribution >= 4 is 34.3 Å². The van der Waals surface area contributed by atoms with E-state index in [1.54, 1.807) is 0 Å². The Morgan fingerprint density at radius 3 is 1.47 bits per heavy atom. The summed E-state index contributed by atoms with van der Waals surface area (Å²) in [6.45, 7) is 0. The third-order valence-electron chi connectivity index (χ3n) is 6.22. The Morgan fingerprint density at radius 2 is 1.09 bits per heavy atom. The van der Waals surface area contributed by atoms with Crippen molar-refractivity contribution in [2.45, 2.75) is 12.1 Å². The van der Waals surface area contributed by atoms with Gasteiger partial charge in [-0.25, -0.2) is 10.4 Å². The molecular formula is C22H18N4O8. The summed E-state index contributed by atoms with van der Waals surface area (Å²) in [4.78, 5) is 25.9. The first-order chi connectivity index (χ1) is 16.2. The number of quaternary nitrogens is 4. The molecule has 0 radical (unpaired) electrons. The molecule has 3 aromatic rings. The van der Waals surface area contributed by atoms with Gasteiger partial charge in [-0.05, 0) is 18.2 Å². The highest BCUT2D eigenvalue weighted by atomic mass is 16.8. The van der Waals surface area contributed by atoms with Gasteiger partial charge in [0.1, 0.15) is 11.4 Å². The number of carbonyl (C=O) groups excluding carboxylic acids is 2. The van der Waals surface area contributed by atoms with E-state index in [1.165, 1.54) is 60.7 Å². The first kappa shape index (κ1) is 22.4. The maximum Gasteiger partial charge on any atom is 0.231 e. The van der Waals surface area contributed by atoms with Crippen molar-refractivity contribution in [1.29, 1.82) is 0 Å². The van der Waals surface area contributed by atoms with Gasteiger partial charge in [-0.3, -0.25) is 9.59 Å². The fourth-order valence-electron chi connectivity index (χ4n) is 4.58. The summed E-state index contributed by atoms with van der Waals surface area (Å²) in [6, 6.07) is 11.1. The number of fused-ring (bicyclic) bond motifs is 2. The number of hydrogen-bond acceptors (Lipinski definition) is 8.